The highest BCUT2D eigenvalue weighted by atomic mass is 16.5. The van der Waals surface area contributed by atoms with Crippen LogP contribution in [-0.2, 0) is 4.74 Å². The third-order valence-corrected chi connectivity index (χ3v) is 2.83. The lowest BCUT2D eigenvalue weighted by atomic mass is 9.94. The first-order chi connectivity index (χ1) is 6.27. The molecule has 1 saturated heterocycles. The lowest BCUT2D eigenvalue weighted by Gasteiger charge is -2.29. The molecule has 84 valence electrons. The molecule has 2 atom stereocenters. The van der Waals surface area contributed by atoms with Gasteiger partial charge in [-0.25, -0.2) is 0 Å². The molecule has 1 rings (SSSR count). The van der Waals surface area contributed by atoms with Crippen LogP contribution in [0.4, 0.5) is 0 Å². The Hall–Kier alpha value is -0.120. The largest absolute Gasteiger partial charge is 0.395 e. The summed E-state index contributed by atoms with van der Waals surface area (Å²) in [4.78, 5) is 0. The van der Waals surface area contributed by atoms with Crippen LogP contribution < -0.4 is 5.32 Å². The molecular formula is C11H23NO2. The molecule has 0 aromatic heterocycles. The first-order valence-corrected chi connectivity index (χ1v) is 5.34. The van der Waals surface area contributed by atoms with Gasteiger partial charge in [0.05, 0.1) is 17.8 Å². The first-order valence-electron chi connectivity index (χ1n) is 5.34. The SMILES string of the molecule is C[C@H](CO)N[C@H]1CC(C)(C)OC1(C)C. The van der Waals surface area contributed by atoms with E-state index in [-0.39, 0.29) is 23.9 Å². The van der Waals surface area contributed by atoms with Crippen LogP contribution >= 0.6 is 0 Å². The van der Waals surface area contributed by atoms with Crippen molar-refractivity contribution in [2.24, 2.45) is 0 Å². The molecule has 2 N–H and O–H groups in total. The summed E-state index contributed by atoms with van der Waals surface area (Å²) in [6.45, 7) is 10.6. The minimum atomic E-state index is -0.146. The predicted octanol–water partition coefficient (Wildman–Crippen LogP) is 1.30. The Morgan fingerprint density at radius 2 is 2.00 bits per heavy atom. The summed E-state index contributed by atoms with van der Waals surface area (Å²) < 4.78 is 5.95. The third kappa shape index (κ3) is 2.69. The molecular weight excluding hydrogens is 178 g/mol. The summed E-state index contributed by atoms with van der Waals surface area (Å²) in [5, 5.41) is 12.4. The fourth-order valence-electron chi connectivity index (χ4n) is 2.22. The molecule has 0 aromatic carbocycles. The Kier molecular flexibility index (Phi) is 3.24. The lowest BCUT2D eigenvalue weighted by molar-refractivity contribution is -0.0706. The number of aliphatic hydroxyl groups is 1. The van der Waals surface area contributed by atoms with Crippen LogP contribution in [0.25, 0.3) is 0 Å². The maximum atomic E-state index is 8.99. The minimum Gasteiger partial charge on any atom is -0.395 e. The van der Waals surface area contributed by atoms with Crippen molar-refractivity contribution in [2.75, 3.05) is 6.61 Å². The van der Waals surface area contributed by atoms with Gasteiger partial charge in [-0.2, -0.15) is 0 Å². The Labute approximate surface area is 86.8 Å². The average Bonchev–Trinajstić information content (AvgIpc) is 2.19. The summed E-state index contributed by atoms with van der Waals surface area (Å²) in [6, 6.07) is 0.455. The molecule has 0 aromatic rings. The normalized spacial score (nSPS) is 31.7. The maximum Gasteiger partial charge on any atom is 0.0787 e. The number of nitrogens with one attached hydrogen (secondary N) is 1. The van der Waals surface area contributed by atoms with E-state index < -0.39 is 0 Å². The van der Waals surface area contributed by atoms with Crippen molar-refractivity contribution in [3.05, 3.63) is 0 Å². The molecule has 1 aliphatic heterocycles. The second-order valence-corrected chi connectivity index (χ2v) is 5.47. The van der Waals surface area contributed by atoms with Gasteiger partial charge in [0.15, 0.2) is 0 Å². The van der Waals surface area contributed by atoms with Crippen molar-refractivity contribution in [3.63, 3.8) is 0 Å². The van der Waals surface area contributed by atoms with Crippen LogP contribution in [0.5, 0.6) is 0 Å². The monoisotopic (exact) mass is 201 g/mol. The zero-order valence-corrected chi connectivity index (χ0v) is 9.92. The van der Waals surface area contributed by atoms with Gasteiger partial charge in [0, 0.05) is 12.1 Å². The van der Waals surface area contributed by atoms with Gasteiger partial charge in [-0.3, -0.25) is 0 Å². The summed E-state index contributed by atoms with van der Waals surface area (Å²) in [5.41, 5.74) is -0.205. The molecule has 0 spiro atoms. The van der Waals surface area contributed by atoms with Crippen LogP contribution in [0, 0.1) is 0 Å². The van der Waals surface area contributed by atoms with Crippen LogP contribution in [-0.4, -0.2) is 35.0 Å². The maximum absolute atomic E-state index is 8.99. The van der Waals surface area contributed by atoms with Gasteiger partial charge < -0.3 is 15.2 Å². The smallest absolute Gasteiger partial charge is 0.0787 e. The van der Waals surface area contributed by atoms with Gasteiger partial charge in [-0.05, 0) is 41.0 Å². The highest BCUT2D eigenvalue weighted by Crippen LogP contribution is 2.37. The first kappa shape index (κ1) is 12.0. The van der Waals surface area contributed by atoms with Crippen molar-refractivity contribution in [1.29, 1.82) is 0 Å². The molecule has 0 saturated carbocycles. The molecule has 3 nitrogen and oxygen atoms in total. The van der Waals surface area contributed by atoms with E-state index >= 15 is 0 Å². The van der Waals surface area contributed by atoms with E-state index in [2.05, 4.69) is 33.0 Å². The van der Waals surface area contributed by atoms with Crippen molar-refractivity contribution in [3.8, 4) is 0 Å². The Bertz CT molecular complexity index is 201. The van der Waals surface area contributed by atoms with Crippen molar-refractivity contribution in [1.82, 2.24) is 5.32 Å². The third-order valence-electron chi connectivity index (χ3n) is 2.83. The summed E-state index contributed by atoms with van der Waals surface area (Å²) in [6.07, 6.45) is 0.990. The molecule has 14 heavy (non-hydrogen) atoms. The number of rotatable bonds is 3. The van der Waals surface area contributed by atoms with E-state index in [4.69, 9.17) is 9.84 Å². The molecule has 0 radical (unpaired) electrons. The Morgan fingerprint density at radius 1 is 1.43 bits per heavy atom. The van der Waals surface area contributed by atoms with E-state index in [1.165, 1.54) is 0 Å². The standard InChI is InChI=1S/C11H23NO2/c1-8(7-13)12-9-6-10(2,3)14-11(9,4)5/h8-9,12-13H,6-7H2,1-5H3/t8-,9+/m1/s1. The van der Waals surface area contributed by atoms with Gasteiger partial charge in [0.1, 0.15) is 0 Å². The number of hydrogen-bond donors (Lipinski definition) is 2. The van der Waals surface area contributed by atoms with Crippen molar-refractivity contribution in [2.45, 2.75) is 64.3 Å². The molecule has 1 heterocycles. The molecule has 0 unspecified atom stereocenters. The summed E-state index contributed by atoms with van der Waals surface area (Å²) in [7, 11) is 0. The quantitative estimate of drug-likeness (QED) is 0.723. The van der Waals surface area contributed by atoms with Gasteiger partial charge >= 0.3 is 0 Å². The Morgan fingerprint density at radius 3 is 2.36 bits per heavy atom. The van der Waals surface area contributed by atoms with Gasteiger partial charge in [-0.1, -0.05) is 0 Å². The minimum absolute atomic E-state index is 0.0592. The highest BCUT2D eigenvalue weighted by Gasteiger charge is 2.45. The summed E-state index contributed by atoms with van der Waals surface area (Å²) >= 11 is 0. The fraction of sp³-hybridized carbons (Fsp3) is 1.00. The number of ether oxygens (including phenoxy) is 1. The van der Waals surface area contributed by atoms with Crippen LogP contribution in [0.1, 0.15) is 41.0 Å². The van der Waals surface area contributed by atoms with Gasteiger partial charge in [0.2, 0.25) is 0 Å². The molecule has 0 bridgehead atoms. The van der Waals surface area contributed by atoms with Gasteiger partial charge in [-0.15, -0.1) is 0 Å². The second kappa shape index (κ2) is 3.80. The molecule has 3 heteroatoms. The summed E-state index contributed by atoms with van der Waals surface area (Å²) in [5.74, 6) is 0. The Balaban J connectivity index is 2.61. The van der Waals surface area contributed by atoms with E-state index in [9.17, 15) is 0 Å². The number of aliphatic hydroxyl groups excluding tert-OH is 1. The number of hydrogen-bond acceptors (Lipinski definition) is 3. The lowest BCUT2D eigenvalue weighted by Crippen LogP contribution is -2.48. The van der Waals surface area contributed by atoms with Crippen LogP contribution in [0.3, 0.4) is 0 Å². The van der Waals surface area contributed by atoms with Crippen LogP contribution in [0.2, 0.25) is 0 Å². The molecule has 0 amide bonds. The van der Waals surface area contributed by atoms with Crippen LogP contribution in [0.15, 0.2) is 0 Å². The van der Waals surface area contributed by atoms with Gasteiger partial charge in [0.25, 0.3) is 0 Å². The molecule has 1 fully saturated rings. The van der Waals surface area contributed by atoms with E-state index in [0.29, 0.717) is 6.04 Å². The topological polar surface area (TPSA) is 41.5 Å². The fourth-order valence-corrected chi connectivity index (χ4v) is 2.22. The van der Waals surface area contributed by atoms with E-state index in [0.717, 1.165) is 6.42 Å². The van der Waals surface area contributed by atoms with Crippen molar-refractivity contribution < 1.29 is 9.84 Å². The second-order valence-electron chi connectivity index (χ2n) is 5.47. The zero-order chi connectivity index (χ0) is 11.0. The van der Waals surface area contributed by atoms with E-state index in [1.807, 2.05) is 6.92 Å². The van der Waals surface area contributed by atoms with Crippen molar-refractivity contribution >= 4 is 0 Å². The highest BCUT2D eigenvalue weighted by molar-refractivity contribution is 4.99. The van der Waals surface area contributed by atoms with E-state index in [1.54, 1.807) is 0 Å². The molecule has 0 aliphatic carbocycles. The molecule has 1 aliphatic rings. The zero-order valence-electron chi connectivity index (χ0n) is 9.92. The predicted molar refractivity (Wildman–Crippen MR) is 57.3 cm³/mol. The average molecular weight is 201 g/mol.